The summed E-state index contributed by atoms with van der Waals surface area (Å²) in [5.74, 6) is -1.32. The summed E-state index contributed by atoms with van der Waals surface area (Å²) in [6, 6.07) is 0.141. The summed E-state index contributed by atoms with van der Waals surface area (Å²) in [5.41, 5.74) is -0.960. The first-order valence-electron chi connectivity index (χ1n) is 7.19. The third-order valence-corrected chi connectivity index (χ3v) is 3.89. The van der Waals surface area contributed by atoms with Gasteiger partial charge in [-0.2, -0.15) is 13.2 Å². The second-order valence-corrected chi connectivity index (χ2v) is 5.72. The van der Waals surface area contributed by atoms with Crippen molar-refractivity contribution in [1.82, 2.24) is 10.3 Å². The molecule has 1 aliphatic rings. The van der Waals surface area contributed by atoms with Gasteiger partial charge in [0.05, 0.1) is 17.0 Å². The van der Waals surface area contributed by atoms with Gasteiger partial charge in [0, 0.05) is 19.3 Å². The Kier molecular flexibility index (Phi) is 5.53. The van der Waals surface area contributed by atoms with E-state index in [1.54, 1.807) is 4.90 Å². The van der Waals surface area contributed by atoms with Gasteiger partial charge in [0.2, 0.25) is 5.91 Å². The first kappa shape index (κ1) is 18.3. The van der Waals surface area contributed by atoms with Crippen molar-refractivity contribution in [1.29, 1.82) is 0 Å². The van der Waals surface area contributed by atoms with Crippen molar-refractivity contribution in [3.63, 3.8) is 0 Å². The molecular weight excluding hydrogens is 351 g/mol. The molecular formula is C14H15ClF3N3O3. The van der Waals surface area contributed by atoms with Crippen LogP contribution in [0, 0.1) is 0 Å². The smallest absolute Gasteiger partial charge is 0.417 e. The number of nitrogens with one attached hydrogen (secondary N) is 1. The minimum atomic E-state index is -4.55. The van der Waals surface area contributed by atoms with Crippen molar-refractivity contribution in [2.24, 2.45) is 0 Å². The summed E-state index contributed by atoms with van der Waals surface area (Å²) in [7, 11) is 0. The highest BCUT2D eigenvalue weighted by molar-refractivity contribution is 6.33. The fourth-order valence-corrected chi connectivity index (χ4v) is 2.78. The van der Waals surface area contributed by atoms with E-state index in [4.69, 9.17) is 16.7 Å². The fourth-order valence-electron chi connectivity index (χ4n) is 2.50. The SMILES string of the molecule is O=C(O)CCNC(=O)[C@@H]1CCCN1c1ncc(C(F)(F)F)cc1Cl. The van der Waals surface area contributed by atoms with E-state index in [9.17, 15) is 22.8 Å². The zero-order chi connectivity index (χ0) is 17.9. The van der Waals surface area contributed by atoms with E-state index >= 15 is 0 Å². The Morgan fingerprint density at radius 2 is 2.17 bits per heavy atom. The second kappa shape index (κ2) is 7.25. The van der Waals surface area contributed by atoms with Gasteiger partial charge in [0.15, 0.2) is 0 Å². The molecule has 6 nitrogen and oxygen atoms in total. The Bertz CT molecular complexity index is 639. The number of alkyl halides is 3. The fraction of sp³-hybridized carbons (Fsp3) is 0.500. The van der Waals surface area contributed by atoms with Gasteiger partial charge in [-0.1, -0.05) is 11.6 Å². The molecule has 0 aliphatic carbocycles. The van der Waals surface area contributed by atoms with Crippen molar-refractivity contribution in [3.05, 3.63) is 22.8 Å². The number of carbonyl (C=O) groups is 2. The molecule has 0 saturated carbocycles. The van der Waals surface area contributed by atoms with Gasteiger partial charge in [-0.3, -0.25) is 9.59 Å². The lowest BCUT2D eigenvalue weighted by Gasteiger charge is -2.26. The van der Waals surface area contributed by atoms with Crippen LogP contribution in [0.1, 0.15) is 24.8 Å². The monoisotopic (exact) mass is 365 g/mol. The van der Waals surface area contributed by atoms with E-state index in [0.29, 0.717) is 25.6 Å². The lowest BCUT2D eigenvalue weighted by Crippen LogP contribution is -2.44. The number of aromatic nitrogens is 1. The number of anilines is 1. The molecule has 1 amide bonds. The maximum Gasteiger partial charge on any atom is 0.417 e. The number of halogens is 4. The Hall–Kier alpha value is -2.03. The zero-order valence-corrected chi connectivity index (χ0v) is 13.2. The molecule has 0 unspecified atom stereocenters. The van der Waals surface area contributed by atoms with E-state index in [2.05, 4.69) is 10.3 Å². The highest BCUT2D eigenvalue weighted by Crippen LogP contribution is 2.35. The highest BCUT2D eigenvalue weighted by atomic mass is 35.5. The van der Waals surface area contributed by atoms with Crippen LogP contribution in [0.25, 0.3) is 0 Å². The summed E-state index contributed by atoms with van der Waals surface area (Å²) < 4.78 is 38.0. The molecule has 24 heavy (non-hydrogen) atoms. The van der Waals surface area contributed by atoms with Crippen molar-refractivity contribution >= 4 is 29.3 Å². The molecule has 2 N–H and O–H groups in total. The average molecular weight is 366 g/mol. The maximum atomic E-state index is 12.7. The summed E-state index contributed by atoms with van der Waals surface area (Å²) in [6.07, 6.45) is -2.95. The van der Waals surface area contributed by atoms with Crippen molar-refractivity contribution in [2.75, 3.05) is 18.0 Å². The summed E-state index contributed by atoms with van der Waals surface area (Å²) >= 11 is 5.92. The van der Waals surface area contributed by atoms with Crippen LogP contribution < -0.4 is 10.2 Å². The largest absolute Gasteiger partial charge is 0.481 e. The lowest BCUT2D eigenvalue weighted by atomic mass is 10.2. The van der Waals surface area contributed by atoms with E-state index in [-0.39, 0.29) is 23.8 Å². The van der Waals surface area contributed by atoms with Gasteiger partial charge >= 0.3 is 12.1 Å². The minimum Gasteiger partial charge on any atom is -0.481 e. The molecule has 0 radical (unpaired) electrons. The van der Waals surface area contributed by atoms with Crippen LogP contribution in [0.4, 0.5) is 19.0 Å². The summed E-state index contributed by atoms with van der Waals surface area (Å²) in [6.45, 7) is 0.405. The van der Waals surface area contributed by atoms with Crippen LogP contribution >= 0.6 is 11.6 Å². The Labute approximate surface area is 140 Å². The number of carboxylic acid groups (broad SMARTS) is 1. The quantitative estimate of drug-likeness (QED) is 0.836. The van der Waals surface area contributed by atoms with Crippen LogP contribution in [0.3, 0.4) is 0 Å². The second-order valence-electron chi connectivity index (χ2n) is 5.31. The van der Waals surface area contributed by atoms with Crippen LogP contribution in [0.5, 0.6) is 0 Å². The number of rotatable bonds is 5. The first-order valence-corrected chi connectivity index (χ1v) is 7.57. The number of hydrogen-bond acceptors (Lipinski definition) is 4. The van der Waals surface area contributed by atoms with Gasteiger partial charge < -0.3 is 15.3 Å². The topological polar surface area (TPSA) is 82.5 Å². The molecule has 1 aromatic rings. The molecule has 132 valence electrons. The molecule has 0 bridgehead atoms. The number of amides is 1. The van der Waals surface area contributed by atoms with Gasteiger partial charge in [-0.25, -0.2) is 4.98 Å². The molecule has 0 spiro atoms. The standard InChI is InChI=1S/C14H15ClF3N3O3/c15-9-6-8(14(16,17)18)7-20-12(9)21-5-1-2-10(21)13(24)19-4-3-11(22)23/h6-7,10H,1-5H2,(H,19,24)(H,22,23)/t10-/m0/s1. The number of hydrogen-bond donors (Lipinski definition) is 2. The maximum absolute atomic E-state index is 12.7. The molecule has 10 heteroatoms. The molecule has 1 aliphatic heterocycles. The van der Waals surface area contributed by atoms with Crippen LogP contribution in [-0.2, 0) is 15.8 Å². The number of carbonyl (C=O) groups excluding carboxylic acids is 1. The normalized spacial score (nSPS) is 17.8. The van der Waals surface area contributed by atoms with Gasteiger partial charge in [0.1, 0.15) is 11.9 Å². The predicted molar refractivity (Wildman–Crippen MR) is 79.9 cm³/mol. The van der Waals surface area contributed by atoms with Gasteiger partial charge in [-0.15, -0.1) is 0 Å². The van der Waals surface area contributed by atoms with Crippen LogP contribution in [-0.4, -0.2) is 41.1 Å². The molecule has 1 atom stereocenters. The van der Waals surface area contributed by atoms with Gasteiger partial charge in [0.25, 0.3) is 0 Å². The van der Waals surface area contributed by atoms with Crippen molar-refractivity contribution < 1.29 is 27.9 Å². The summed E-state index contributed by atoms with van der Waals surface area (Å²) in [4.78, 5) is 27.9. The summed E-state index contributed by atoms with van der Waals surface area (Å²) in [5, 5.41) is 10.9. The van der Waals surface area contributed by atoms with Crippen molar-refractivity contribution in [3.8, 4) is 0 Å². The first-order chi connectivity index (χ1) is 11.2. The lowest BCUT2D eigenvalue weighted by molar-refractivity contribution is -0.138. The molecule has 1 aromatic heterocycles. The van der Waals surface area contributed by atoms with Crippen molar-refractivity contribution in [2.45, 2.75) is 31.5 Å². The van der Waals surface area contributed by atoms with Gasteiger partial charge in [-0.05, 0) is 18.9 Å². The number of nitrogens with zero attached hydrogens (tertiary/aromatic N) is 2. The third kappa shape index (κ3) is 4.28. The van der Waals surface area contributed by atoms with E-state index in [0.717, 1.165) is 6.07 Å². The highest BCUT2D eigenvalue weighted by Gasteiger charge is 2.35. The Morgan fingerprint density at radius 3 is 2.75 bits per heavy atom. The molecule has 2 heterocycles. The van der Waals surface area contributed by atoms with E-state index < -0.39 is 29.7 Å². The zero-order valence-electron chi connectivity index (χ0n) is 12.4. The number of aliphatic carboxylic acids is 1. The van der Waals surface area contributed by atoms with E-state index in [1.807, 2.05) is 0 Å². The third-order valence-electron chi connectivity index (χ3n) is 3.61. The minimum absolute atomic E-state index is 0.0212. The Morgan fingerprint density at radius 1 is 1.46 bits per heavy atom. The van der Waals surface area contributed by atoms with Crippen LogP contribution in [0.2, 0.25) is 5.02 Å². The molecule has 0 aromatic carbocycles. The number of carboxylic acids is 1. The number of pyridine rings is 1. The average Bonchev–Trinajstić information content (AvgIpc) is 2.94. The van der Waals surface area contributed by atoms with E-state index in [1.165, 1.54) is 0 Å². The molecule has 1 saturated heterocycles. The predicted octanol–water partition coefficient (Wildman–Crippen LogP) is 2.31. The van der Waals surface area contributed by atoms with Crippen LogP contribution in [0.15, 0.2) is 12.3 Å². The Balaban J connectivity index is 2.12. The molecule has 2 rings (SSSR count). The molecule has 1 fully saturated rings.